The number of aromatic nitrogens is 2. The molecule has 2 aromatic heterocycles. The third-order valence-corrected chi connectivity index (χ3v) is 3.31. The van der Waals surface area contributed by atoms with Crippen molar-refractivity contribution < 1.29 is 4.79 Å². The fourth-order valence-electron chi connectivity index (χ4n) is 2.30. The van der Waals surface area contributed by atoms with Gasteiger partial charge in [-0.15, -0.1) is 12.4 Å². The lowest BCUT2D eigenvalue weighted by molar-refractivity contribution is 0.100. The Labute approximate surface area is 145 Å². The Morgan fingerprint density at radius 1 is 1.04 bits per heavy atom. The van der Waals surface area contributed by atoms with E-state index < -0.39 is 5.91 Å². The minimum absolute atomic E-state index is 0. The first-order chi connectivity index (χ1) is 11.1. The summed E-state index contributed by atoms with van der Waals surface area (Å²) < 4.78 is 1.96. The minimum Gasteiger partial charge on any atom is -0.370 e. The Morgan fingerprint density at radius 2 is 1.75 bits per heavy atom. The summed E-state index contributed by atoms with van der Waals surface area (Å²) >= 11 is 0. The number of hydrogen-bond acceptors (Lipinski definition) is 2. The van der Waals surface area contributed by atoms with Crippen LogP contribution in [0.2, 0.25) is 0 Å². The lowest BCUT2D eigenvalue weighted by Crippen LogP contribution is -2.24. The van der Waals surface area contributed by atoms with E-state index in [1.165, 1.54) is 0 Å². The van der Waals surface area contributed by atoms with Crippen LogP contribution < -0.4 is 11.5 Å². The molecule has 6 nitrogen and oxygen atoms in total. The number of nitrogens with zero attached hydrogens (tertiary/aromatic N) is 3. The highest BCUT2D eigenvalue weighted by Gasteiger charge is 2.13. The van der Waals surface area contributed by atoms with Crippen molar-refractivity contribution >= 4 is 24.3 Å². The molecule has 3 aromatic rings. The van der Waals surface area contributed by atoms with Gasteiger partial charge in [0.2, 0.25) is 0 Å². The molecule has 0 aliphatic heterocycles. The fraction of sp³-hybridized carbons (Fsp3) is 0. The highest BCUT2D eigenvalue weighted by Crippen LogP contribution is 2.24. The van der Waals surface area contributed by atoms with E-state index in [2.05, 4.69) is 9.98 Å². The maximum atomic E-state index is 12.2. The molecule has 1 amide bonds. The van der Waals surface area contributed by atoms with Gasteiger partial charge in [0.15, 0.2) is 5.96 Å². The zero-order chi connectivity index (χ0) is 16.2. The summed E-state index contributed by atoms with van der Waals surface area (Å²) in [6, 6.07) is 14.8. The maximum Gasteiger partial charge on any atom is 0.280 e. The number of hydrogen-bond donors (Lipinski definition) is 2. The van der Waals surface area contributed by atoms with Gasteiger partial charge in [-0.3, -0.25) is 9.78 Å². The SMILES string of the molecule is Cl.NC(N)=NC(=O)c1ccccc1-c1cc(-n2cccc2)ccn1. The number of benzene rings is 1. The first-order valence-corrected chi connectivity index (χ1v) is 6.98. The standard InChI is InChI=1S/C17H15N5O.ClH/c18-17(19)21-16(23)14-6-2-1-5-13(14)15-11-12(7-8-20-15)22-9-3-4-10-22;/h1-11H,(H4,18,19,21,23);1H. The van der Waals surface area contributed by atoms with Gasteiger partial charge in [0.25, 0.3) is 5.91 Å². The van der Waals surface area contributed by atoms with E-state index in [0.717, 1.165) is 5.69 Å². The number of pyridine rings is 1. The summed E-state index contributed by atoms with van der Waals surface area (Å²) in [5.41, 5.74) is 13.3. The molecule has 0 aliphatic carbocycles. The van der Waals surface area contributed by atoms with Gasteiger partial charge < -0.3 is 16.0 Å². The number of aliphatic imine (C=N–C) groups is 1. The van der Waals surface area contributed by atoms with Gasteiger partial charge in [-0.2, -0.15) is 4.99 Å². The van der Waals surface area contributed by atoms with Crippen LogP contribution >= 0.6 is 12.4 Å². The van der Waals surface area contributed by atoms with Crippen LogP contribution in [0.15, 0.2) is 72.1 Å². The zero-order valence-electron chi connectivity index (χ0n) is 12.7. The molecule has 0 unspecified atom stereocenters. The third-order valence-electron chi connectivity index (χ3n) is 3.31. The number of carbonyl (C=O) groups is 1. The predicted molar refractivity (Wildman–Crippen MR) is 96.4 cm³/mol. The molecule has 0 aliphatic rings. The van der Waals surface area contributed by atoms with Crippen molar-refractivity contribution in [3.05, 3.63) is 72.7 Å². The van der Waals surface area contributed by atoms with Crippen molar-refractivity contribution in [2.24, 2.45) is 16.5 Å². The van der Waals surface area contributed by atoms with E-state index in [1.54, 1.807) is 18.3 Å². The first kappa shape index (κ1) is 17.2. The highest BCUT2D eigenvalue weighted by molar-refractivity contribution is 6.06. The van der Waals surface area contributed by atoms with Crippen molar-refractivity contribution in [2.45, 2.75) is 0 Å². The van der Waals surface area contributed by atoms with Gasteiger partial charge in [0.05, 0.1) is 11.3 Å². The van der Waals surface area contributed by atoms with Crippen molar-refractivity contribution in [2.75, 3.05) is 0 Å². The van der Waals surface area contributed by atoms with Crippen molar-refractivity contribution in [1.29, 1.82) is 0 Å². The molecule has 24 heavy (non-hydrogen) atoms. The van der Waals surface area contributed by atoms with Crippen LogP contribution in [0.5, 0.6) is 0 Å². The Morgan fingerprint density at radius 3 is 2.46 bits per heavy atom. The average molecular weight is 342 g/mol. The summed E-state index contributed by atoms with van der Waals surface area (Å²) in [5.74, 6) is -0.757. The summed E-state index contributed by atoms with van der Waals surface area (Å²) in [5, 5.41) is 0. The van der Waals surface area contributed by atoms with Crippen molar-refractivity contribution in [3.8, 4) is 16.9 Å². The Balaban J connectivity index is 0.00000208. The normalized spacial score (nSPS) is 9.83. The lowest BCUT2D eigenvalue weighted by Gasteiger charge is -2.09. The van der Waals surface area contributed by atoms with Crippen LogP contribution in [0.1, 0.15) is 10.4 Å². The van der Waals surface area contributed by atoms with Gasteiger partial charge in [0.1, 0.15) is 0 Å². The molecular weight excluding hydrogens is 326 g/mol. The number of rotatable bonds is 3. The second-order valence-electron chi connectivity index (χ2n) is 4.88. The number of carbonyl (C=O) groups excluding carboxylic acids is 1. The van der Waals surface area contributed by atoms with Gasteiger partial charge in [-0.25, -0.2) is 0 Å². The molecule has 2 heterocycles. The number of halogens is 1. The Kier molecular flexibility index (Phi) is 5.34. The largest absolute Gasteiger partial charge is 0.370 e. The Hall–Kier alpha value is -3.12. The summed E-state index contributed by atoms with van der Waals surface area (Å²) in [7, 11) is 0. The van der Waals surface area contributed by atoms with Crippen LogP contribution in [0.25, 0.3) is 16.9 Å². The second kappa shape index (κ2) is 7.43. The fourth-order valence-corrected chi connectivity index (χ4v) is 2.30. The molecule has 1 aromatic carbocycles. The number of nitrogens with two attached hydrogens (primary N) is 2. The summed E-state index contributed by atoms with van der Waals surface area (Å²) in [6.45, 7) is 0. The van der Waals surface area contributed by atoms with E-state index in [9.17, 15) is 4.79 Å². The van der Waals surface area contributed by atoms with Crippen LogP contribution in [0.3, 0.4) is 0 Å². The number of amides is 1. The molecule has 4 N–H and O–H groups in total. The third kappa shape index (κ3) is 3.61. The zero-order valence-corrected chi connectivity index (χ0v) is 13.5. The molecule has 0 bridgehead atoms. The van der Waals surface area contributed by atoms with E-state index in [0.29, 0.717) is 16.8 Å². The summed E-state index contributed by atoms with van der Waals surface area (Å²) in [4.78, 5) is 20.2. The molecular formula is C17H16ClN5O. The van der Waals surface area contributed by atoms with Gasteiger partial charge in [-0.1, -0.05) is 18.2 Å². The molecule has 0 spiro atoms. The molecule has 0 fully saturated rings. The number of guanidine groups is 1. The van der Waals surface area contributed by atoms with Gasteiger partial charge in [-0.05, 0) is 30.3 Å². The van der Waals surface area contributed by atoms with Gasteiger partial charge >= 0.3 is 0 Å². The highest BCUT2D eigenvalue weighted by atomic mass is 35.5. The monoisotopic (exact) mass is 341 g/mol. The molecule has 0 atom stereocenters. The van der Waals surface area contributed by atoms with E-state index in [4.69, 9.17) is 11.5 Å². The Bertz CT molecular complexity index is 870. The van der Waals surface area contributed by atoms with E-state index >= 15 is 0 Å². The van der Waals surface area contributed by atoms with Crippen LogP contribution in [-0.2, 0) is 0 Å². The van der Waals surface area contributed by atoms with Crippen molar-refractivity contribution in [3.63, 3.8) is 0 Å². The van der Waals surface area contributed by atoms with E-state index in [-0.39, 0.29) is 18.4 Å². The topological polar surface area (TPSA) is 99.3 Å². The smallest absolute Gasteiger partial charge is 0.280 e. The quantitative estimate of drug-likeness (QED) is 0.564. The second-order valence-corrected chi connectivity index (χ2v) is 4.88. The van der Waals surface area contributed by atoms with Crippen LogP contribution in [-0.4, -0.2) is 21.4 Å². The molecule has 0 saturated carbocycles. The minimum atomic E-state index is -0.492. The predicted octanol–water partition coefficient (Wildman–Crippen LogP) is 2.37. The maximum absolute atomic E-state index is 12.2. The lowest BCUT2D eigenvalue weighted by atomic mass is 10.0. The molecule has 3 rings (SSSR count). The van der Waals surface area contributed by atoms with Crippen LogP contribution in [0.4, 0.5) is 0 Å². The first-order valence-electron chi connectivity index (χ1n) is 6.98. The average Bonchev–Trinajstić information content (AvgIpc) is 3.09. The van der Waals surface area contributed by atoms with E-state index in [1.807, 2.05) is 53.4 Å². The summed E-state index contributed by atoms with van der Waals surface area (Å²) in [6.07, 6.45) is 5.58. The van der Waals surface area contributed by atoms with Crippen molar-refractivity contribution in [1.82, 2.24) is 9.55 Å². The molecule has 122 valence electrons. The van der Waals surface area contributed by atoms with Crippen LogP contribution in [0, 0.1) is 0 Å². The molecule has 0 saturated heterocycles. The molecule has 0 radical (unpaired) electrons. The van der Waals surface area contributed by atoms with Gasteiger partial charge in [0, 0.05) is 29.8 Å². The molecule has 7 heteroatoms.